The van der Waals surface area contributed by atoms with E-state index in [1.807, 2.05) is 23.7 Å². The van der Waals surface area contributed by atoms with E-state index in [0.717, 1.165) is 0 Å². The van der Waals surface area contributed by atoms with Crippen LogP contribution in [0.3, 0.4) is 0 Å². The summed E-state index contributed by atoms with van der Waals surface area (Å²) in [6.07, 6.45) is 0. The second kappa shape index (κ2) is 2.77. The quantitative estimate of drug-likeness (QED) is 0.560. The third-order valence-corrected chi connectivity index (χ3v) is 3.69. The van der Waals surface area contributed by atoms with Crippen LogP contribution in [0.1, 0.15) is 4.58 Å². The number of alkyl halides is 2. The largest absolute Gasteiger partial charge is 0.145 e. The molecule has 0 aliphatic rings. The van der Waals surface area contributed by atoms with Gasteiger partial charge in [-0.25, -0.2) is 0 Å². The zero-order chi connectivity index (χ0) is 5.98. The summed E-state index contributed by atoms with van der Waals surface area (Å²) in [5.41, 5.74) is 0. The van der Waals surface area contributed by atoms with Crippen LogP contribution in [0.25, 0.3) is 0 Å². The normalized spacial score (nSPS) is 10.4. The van der Waals surface area contributed by atoms with E-state index in [1.54, 1.807) is 0 Å². The van der Waals surface area contributed by atoms with E-state index >= 15 is 0 Å². The van der Waals surface area contributed by atoms with Crippen molar-refractivity contribution in [1.82, 2.24) is 0 Å². The molecule has 0 nitrogen and oxygen atoms in total. The predicted molar refractivity (Wildman–Crippen MR) is 39.9 cm³/mol. The monoisotopic (exact) mass is 166 g/mol. The number of hydrogen-bond donors (Lipinski definition) is 0. The molecule has 1 heterocycles. The summed E-state index contributed by atoms with van der Waals surface area (Å²) in [4.78, 5) is 0. The number of rotatable bonds is 1. The van der Waals surface area contributed by atoms with Crippen LogP contribution in [-0.4, -0.2) is 0 Å². The van der Waals surface area contributed by atoms with Gasteiger partial charge in [-0.1, -0.05) is 42.9 Å². The lowest BCUT2D eigenvalue weighted by Crippen LogP contribution is -1.50. The van der Waals surface area contributed by atoms with Crippen molar-refractivity contribution in [3.05, 3.63) is 23.7 Å². The summed E-state index contributed by atoms with van der Waals surface area (Å²) in [6.45, 7) is 0. The summed E-state index contributed by atoms with van der Waals surface area (Å²) < 4.78 is -0.222. The molecule has 8 heavy (non-hydrogen) atoms. The highest BCUT2D eigenvalue weighted by Crippen LogP contribution is 2.44. The minimum Gasteiger partial charge on any atom is -0.0957 e. The molecule has 0 aromatic carbocycles. The zero-order valence-electron chi connectivity index (χ0n) is 4.09. The predicted octanol–water partition coefficient (Wildman–Crippen LogP) is 3.61. The molecule has 0 atom stereocenters. The van der Waals surface area contributed by atoms with E-state index in [1.165, 1.54) is 0 Å². The van der Waals surface area contributed by atoms with Gasteiger partial charge in [-0.3, -0.25) is 0 Å². The molecule has 0 unspecified atom stereocenters. The first kappa shape index (κ1) is 6.48. The first-order valence-corrected chi connectivity index (χ1v) is 4.63. The maximum Gasteiger partial charge on any atom is 0.145 e. The van der Waals surface area contributed by atoms with Gasteiger partial charge in [-0.15, -0.1) is 0 Å². The molecule has 44 valence electrons. The fraction of sp³-hybridized carbons (Fsp3) is 0.200. The van der Waals surface area contributed by atoms with Gasteiger partial charge in [0.2, 0.25) is 0 Å². The Kier molecular flexibility index (Phi) is 2.25. The topological polar surface area (TPSA) is 0 Å². The van der Waals surface area contributed by atoms with Crippen LogP contribution < -0.4 is 0 Å². The van der Waals surface area contributed by atoms with Gasteiger partial charge < -0.3 is 0 Å². The SMILES string of the molecule is ClC(Cl)p1cccc1. The molecular formula is C5H5Cl2P. The van der Waals surface area contributed by atoms with Crippen LogP contribution in [0.4, 0.5) is 0 Å². The summed E-state index contributed by atoms with van der Waals surface area (Å²) in [7, 11) is -0.334. The van der Waals surface area contributed by atoms with Crippen molar-refractivity contribution < 1.29 is 0 Å². The first-order chi connectivity index (χ1) is 3.80. The minimum absolute atomic E-state index is 0.222. The average Bonchev–Trinajstić information content (AvgIpc) is 2.12. The Bertz CT molecular complexity index is 145. The molecule has 0 saturated heterocycles. The molecule has 0 aliphatic carbocycles. The number of halogens is 2. The summed E-state index contributed by atoms with van der Waals surface area (Å²) in [6, 6.07) is 3.95. The molecule has 1 rings (SSSR count). The lowest BCUT2D eigenvalue weighted by Gasteiger charge is -1.93. The van der Waals surface area contributed by atoms with Crippen molar-refractivity contribution in [2.24, 2.45) is 0 Å². The Morgan fingerprint density at radius 3 is 1.88 bits per heavy atom. The lowest BCUT2D eigenvalue weighted by molar-refractivity contribution is 1.83. The smallest absolute Gasteiger partial charge is 0.0957 e. The van der Waals surface area contributed by atoms with Crippen molar-refractivity contribution in [2.75, 3.05) is 0 Å². The molecule has 1 aromatic rings. The van der Waals surface area contributed by atoms with Crippen molar-refractivity contribution in [3.8, 4) is 0 Å². The van der Waals surface area contributed by atoms with E-state index in [9.17, 15) is 0 Å². The highest BCUT2D eigenvalue weighted by atomic mass is 35.5. The van der Waals surface area contributed by atoms with Gasteiger partial charge in [-0.2, -0.15) is 0 Å². The van der Waals surface area contributed by atoms with Crippen LogP contribution in [-0.2, 0) is 0 Å². The Morgan fingerprint density at radius 1 is 1.12 bits per heavy atom. The maximum absolute atomic E-state index is 5.58. The first-order valence-electron chi connectivity index (χ1n) is 2.21. The molecule has 0 radical (unpaired) electrons. The van der Waals surface area contributed by atoms with Crippen molar-refractivity contribution in [3.63, 3.8) is 0 Å². The fourth-order valence-electron chi connectivity index (χ4n) is 0.478. The molecule has 1 aromatic heterocycles. The summed E-state index contributed by atoms with van der Waals surface area (Å²) >= 11 is 11.2. The van der Waals surface area contributed by atoms with Crippen molar-refractivity contribution >= 4 is 30.7 Å². The molecule has 0 amide bonds. The third-order valence-electron chi connectivity index (χ3n) is 0.853. The van der Waals surface area contributed by atoms with Gasteiger partial charge in [0.1, 0.15) is 4.58 Å². The molecule has 3 heteroatoms. The molecule has 0 fully saturated rings. The van der Waals surface area contributed by atoms with Gasteiger partial charge in [0, 0.05) is 0 Å². The highest BCUT2D eigenvalue weighted by molar-refractivity contribution is 7.52. The Hall–Kier alpha value is 0.360. The zero-order valence-corrected chi connectivity index (χ0v) is 6.50. The molecule has 0 bridgehead atoms. The maximum atomic E-state index is 5.58. The van der Waals surface area contributed by atoms with Gasteiger partial charge in [0.15, 0.2) is 0 Å². The van der Waals surface area contributed by atoms with E-state index in [-0.39, 0.29) is 12.1 Å². The minimum atomic E-state index is -0.334. The molecule has 0 saturated carbocycles. The molecular weight excluding hydrogens is 162 g/mol. The fourth-order valence-corrected chi connectivity index (χ4v) is 2.21. The van der Waals surface area contributed by atoms with Crippen LogP contribution in [0.15, 0.2) is 23.7 Å². The van der Waals surface area contributed by atoms with Gasteiger partial charge in [-0.05, 0) is 11.6 Å². The van der Waals surface area contributed by atoms with Crippen molar-refractivity contribution in [2.45, 2.75) is 4.58 Å². The second-order valence-electron chi connectivity index (χ2n) is 1.41. The average molecular weight is 167 g/mol. The van der Waals surface area contributed by atoms with E-state index in [2.05, 4.69) is 0 Å². The van der Waals surface area contributed by atoms with Crippen molar-refractivity contribution in [1.29, 1.82) is 0 Å². The summed E-state index contributed by atoms with van der Waals surface area (Å²) in [5, 5.41) is 0. The highest BCUT2D eigenvalue weighted by Gasteiger charge is 1.98. The van der Waals surface area contributed by atoms with Crippen LogP contribution >= 0.6 is 30.7 Å². The Labute approximate surface area is 59.5 Å². The lowest BCUT2D eigenvalue weighted by atomic mass is 10.7. The Balaban J connectivity index is 2.77. The van der Waals surface area contributed by atoms with E-state index in [0.29, 0.717) is 0 Å². The number of hydrogen-bond acceptors (Lipinski definition) is 0. The second-order valence-corrected chi connectivity index (χ2v) is 5.12. The van der Waals surface area contributed by atoms with Crippen LogP contribution in [0.2, 0.25) is 0 Å². The molecule has 0 N–H and O–H groups in total. The molecule has 0 aliphatic heterocycles. The third kappa shape index (κ3) is 1.42. The van der Waals surface area contributed by atoms with Gasteiger partial charge >= 0.3 is 0 Å². The van der Waals surface area contributed by atoms with Crippen LogP contribution in [0.5, 0.6) is 0 Å². The van der Waals surface area contributed by atoms with Gasteiger partial charge in [0.05, 0.1) is 0 Å². The van der Waals surface area contributed by atoms with E-state index in [4.69, 9.17) is 23.2 Å². The summed E-state index contributed by atoms with van der Waals surface area (Å²) in [5.74, 6) is 4.08. The molecule has 0 spiro atoms. The Morgan fingerprint density at radius 2 is 1.62 bits per heavy atom. The van der Waals surface area contributed by atoms with Gasteiger partial charge in [0.25, 0.3) is 0 Å². The van der Waals surface area contributed by atoms with Crippen LogP contribution in [0, 0.1) is 0 Å². The standard InChI is InChI=1S/C5H5Cl2P/c6-5(7)8-3-1-2-4-8/h1-5H. The van der Waals surface area contributed by atoms with E-state index < -0.39 is 0 Å².